The molecule has 1 fully saturated rings. The van der Waals surface area contributed by atoms with E-state index in [1.54, 1.807) is 0 Å². The van der Waals surface area contributed by atoms with Crippen LogP contribution in [0.4, 0.5) is 0 Å². The van der Waals surface area contributed by atoms with Crippen molar-refractivity contribution in [3.63, 3.8) is 0 Å². The maximum Gasteiger partial charge on any atom is 0.0307 e. The lowest BCUT2D eigenvalue weighted by Crippen LogP contribution is -2.44. The van der Waals surface area contributed by atoms with Crippen molar-refractivity contribution in [3.8, 4) is 0 Å². The maximum absolute atomic E-state index is 5.87. The van der Waals surface area contributed by atoms with Crippen molar-refractivity contribution in [1.82, 2.24) is 5.43 Å². The number of hydrogen-bond donors (Lipinski definition) is 2. The predicted octanol–water partition coefficient (Wildman–Crippen LogP) is 3.57. The van der Waals surface area contributed by atoms with Gasteiger partial charge in [0.1, 0.15) is 0 Å². The number of rotatable bonds is 7. The molecule has 0 bridgehead atoms. The Kier molecular flexibility index (Phi) is 4.37. The van der Waals surface area contributed by atoms with Crippen LogP contribution in [0.5, 0.6) is 0 Å². The molecule has 2 heteroatoms. The molecule has 1 atom stereocenters. The molecule has 0 amide bonds. The monoisotopic (exact) mass is 280 g/mol. The van der Waals surface area contributed by atoms with E-state index in [-0.39, 0.29) is 5.41 Å². The molecule has 1 unspecified atom stereocenters. The molecule has 3 N–H and O–H groups in total. The van der Waals surface area contributed by atoms with E-state index in [0.717, 1.165) is 12.8 Å². The Morgan fingerprint density at radius 2 is 1.57 bits per heavy atom. The van der Waals surface area contributed by atoms with Gasteiger partial charge in [-0.2, -0.15) is 0 Å². The summed E-state index contributed by atoms with van der Waals surface area (Å²) in [5.41, 5.74) is 6.21. The van der Waals surface area contributed by atoms with Gasteiger partial charge in [-0.1, -0.05) is 60.7 Å². The molecule has 1 aliphatic rings. The van der Waals surface area contributed by atoms with Crippen LogP contribution in [0, 0.1) is 0 Å². The first kappa shape index (κ1) is 14.3. The molecule has 0 radical (unpaired) electrons. The molecule has 0 spiro atoms. The zero-order chi connectivity index (χ0) is 14.5. The minimum atomic E-state index is 0.271. The third-order valence-corrected chi connectivity index (χ3v) is 4.81. The number of aryl methyl sites for hydroxylation is 1. The minimum Gasteiger partial charge on any atom is -0.271 e. The van der Waals surface area contributed by atoms with Crippen LogP contribution >= 0.6 is 0 Å². The Balaban J connectivity index is 1.61. The van der Waals surface area contributed by atoms with Gasteiger partial charge in [0.15, 0.2) is 0 Å². The standard InChI is InChI=1S/C19H24N2/c20-21-18(13-7-10-16-8-3-1-4-9-16)19(14-15-19)17-11-5-2-6-12-17/h1-6,8-9,11-12,18,21H,7,10,13-15,20H2. The third-order valence-electron chi connectivity index (χ3n) is 4.81. The molecular weight excluding hydrogens is 256 g/mol. The highest BCUT2D eigenvalue weighted by molar-refractivity contribution is 5.33. The lowest BCUT2D eigenvalue weighted by atomic mass is 9.85. The second-order valence-electron chi connectivity index (χ2n) is 6.12. The molecule has 2 aromatic carbocycles. The zero-order valence-electron chi connectivity index (χ0n) is 12.5. The van der Waals surface area contributed by atoms with Crippen molar-refractivity contribution in [2.75, 3.05) is 0 Å². The van der Waals surface area contributed by atoms with Crippen LogP contribution in [0.1, 0.15) is 36.8 Å². The van der Waals surface area contributed by atoms with Gasteiger partial charge in [0.2, 0.25) is 0 Å². The summed E-state index contributed by atoms with van der Waals surface area (Å²) in [6.45, 7) is 0. The highest BCUT2D eigenvalue weighted by Crippen LogP contribution is 2.51. The predicted molar refractivity (Wildman–Crippen MR) is 87.8 cm³/mol. The largest absolute Gasteiger partial charge is 0.271 e. The smallest absolute Gasteiger partial charge is 0.0307 e. The second kappa shape index (κ2) is 6.42. The topological polar surface area (TPSA) is 38.0 Å². The minimum absolute atomic E-state index is 0.271. The van der Waals surface area contributed by atoms with Crippen LogP contribution in [0.15, 0.2) is 60.7 Å². The molecule has 1 aliphatic carbocycles. The van der Waals surface area contributed by atoms with E-state index in [4.69, 9.17) is 5.84 Å². The number of nitrogens with two attached hydrogens (primary N) is 1. The van der Waals surface area contributed by atoms with E-state index in [0.29, 0.717) is 6.04 Å². The Bertz CT molecular complexity index is 546. The van der Waals surface area contributed by atoms with Crippen LogP contribution < -0.4 is 11.3 Å². The summed E-state index contributed by atoms with van der Waals surface area (Å²) in [5.74, 6) is 5.87. The first-order valence-electron chi connectivity index (χ1n) is 7.91. The van der Waals surface area contributed by atoms with Crippen LogP contribution in [-0.2, 0) is 11.8 Å². The van der Waals surface area contributed by atoms with Crippen molar-refractivity contribution in [2.45, 2.75) is 43.6 Å². The van der Waals surface area contributed by atoms with Gasteiger partial charge in [-0.05, 0) is 43.2 Å². The SMILES string of the molecule is NNC(CCCc1ccccc1)C1(c2ccccc2)CC1. The van der Waals surface area contributed by atoms with Crippen LogP contribution in [-0.4, -0.2) is 6.04 Å². The van der Waals surface area contributed by atoms with Crippen molar-refractivity contribution in [1.29, 1.82) is 0 Å². The van der Waals surface area contributed by atoms with Crippen LogP contribution in [0.3, 0.4) is 0 Å². The summed E-state index contributed by atoms with van der Waals surface area (Å²) < 4.78 is 0. The average Bonchev–Trinajstić information content (AvgIpc) is 3.35. The van der Waals surface area contributed by atoms with E-state index in [1.807, 2.05) is 0 Å². The molecule has 0 heterocycles. The third kappa shape index (κ3) is 3.17. The molecular formula is C19H24N2. The van der Waals surface area contributed by atoms with E-state index in [2.05, 4.69) is 66.1 Å². The fourth-order valence-electron chi connectivity index (χ4n) is 3.42. The summed E-state index contributed by atoms with van der Waals surface area (Å²) in [7, 11) is 0. The normalized spacial score (nSPS) is 17.4. The number of benzene rings is 2. The molecule has 110 valence electrons. The van der Waals surface area contributed by atoms with Crippen molar-refractivity contribution in [2.24, 2.45) is 5.84 Å². The van der Waals surface area contributed by atoms with Crippen LogP contribution in [0.25, 0.3) is 0 Å². The molecule has 0 saturated heterocycles. The Morgan fingerprint density at radius 1 is 0.952 bits per heavy atom. The average molecular weight is 280 g/mol. The Morgan fingerprint density at radius 3 is 2.14 bits per heavy atom. The first-order chi connectivity index (χ1) is 10.3. The molecule has 1 saturated carbocycles. The lowest BCUT2D eigenvalue weighted by molar-refractivity contribution is 0.390. The van der Waals surface area contributed by atoms with Gasteiger partial charge in [0.05, 0.1) is 0 Å². The van der Waals surface area contributed by atoms with Crippen molar-refractivity contribution in [3.05, 3.63) is 71.8 Å². The van der Waals surface area contributed by atoms with Gasteiger partial charge in [-0.25, -0.2) is 0 Å². The molecule has 21 heavy (non-hydrogen) atoms. The van der Waals surface area contributed by atoms with E-state index in [9.17, 15) is 0 Å². The van der Waals surface area contributed by atoms with Gasteiger partial charge in [0, 0.05) is 11.5 Å². The van der Waals surface area contributed by atoms with Gasteiger partial charge in [-0.3, -0.25) is 11.3 Å². The number of hydrazine groups is 1. The molecule has 2 nitrogen and oxygen atoms in total. The summed E-state index contributed by atoms with van der Waals surface area (Å²) >= 11 is 0. The van der Waals surface area contributed by atoms with Gasteiger partial charge in [0.25, 0.3) is 0 Å². The molecule has 2 aromatic rings. The van der Waals surface area contributed by atoms with E-state index < -0.39 is 0 Å². The van der Waals surface area contributed by atoms with E-state index >= 15 is 0 Å². The molecule has 0 aliphatic heterocycles. The Labute approximate surface area is 127 Å². The Hall–Kier alpha value is -1.64. The fraction of sp³-hybridized carbons (Fsp3) is 0.368. The quantitative estimate of drug-likeness (QED) is 0.601. The summed E-state index contributed by atoms with van der Waals surface area (Å²) in [6, 6.07) is 21.9. The first-order valence-corrected chi connectivity index (χ1v) is 7.91. The molecule has 0 aromatic heterocycles. The van der Waals surface area contributed by atoms with Crippen molar-refractivity contribution >= 4 is 0 Å². The number of hydrogen-bond acceptors (Lipinski definition) is 2. The lowest BCUT2D eigenvalue weighted by Gasteiger charge is -2.27. The summed E-state index contributed by atoms with van der Waals surface area (Å²) in [4.78, 5) is 0. The van der Waals surface area contributed by atoms with E-state index in [1.165, 1.54) is 30.4 Å². The second-order valence-corrected chi connectivity index (χ2v) is 6.12. The molecule has 3 rings (SSSR count). The van der Waals surface area contributed by atoms with Gasteiger partial charge >= 0.3 is 0 Å². The summed E-state index contributed by atoms with van der Waals surface area (Å²) in [6.07, 6.45) is 5.92. The highest BCUT2D eigenvalue weighted by atomic mass is 15.2. The maximum atomic E-state index is 5.87. The van der Waals surface area contributed by atoms with Crippen LogP contribution in [0.2, 0.25) is 0 Å². The van der Waals surface area contributed by atoms with Gasteiger partial charge in [-0.15, -0.1) is 0 Å². The zero-order valence-corrected chi connectivity index (χ0v) is 12.5. The fourth-order valence-corrected chi connectivity index (χ4v) is 3.42. The number of nitrogens with one attached hydrogen (secondary N) is 1. The van der Waals surface area contributed by atoms with Gasteiger partial charge < -0.3 is 0 Å². The van der Waals surface area contributed by atoms with Crippen molar-refractivity contribution < 1.29 is 0 Å². The highest BCUT2D eigenvalue weighted by Gasteiger charge is 2.49. The summed E-state index contributed by atoms with van der Waals surface area (Å²) in [5, 5.41) is 0.